The van der Waals surface area contributed by atoms with Crippen LogP contribution in [0, 0.1) is 23.6 Å². The maximum Gasteiger partial charge on any atom is 0.311 e. The molecule has 1 saturated carbocycles. The van der Waals surface area contributed by atoms with Crippen LogP contribution in [-0.2, 0) is 27.2 Å². The number of carbonyl (C=O) groups is 3. The van der Waals surface area contributed by atoms with Crippen molar-refractivity contribution in [1.29, 1.82) is 0 Å². The van der Waals surface area contributed by atoms with Crippen LogP contribution in [0.3, 0.4) is 0 Å². The Balaban J connectivity index is 1.46. The summed E-state index contributed by atoms with van der Waals surface area (Å²) in [5.41, 5.74) is 3.10. The van der Waals surface area contributed by atoms with E-state index in [4.69, 9.17) is 14.3 Å². The summed E-state index contributed by atoms with van der Waals surface area (Å²) in [7, 11) is 0. The maximum atomic E-state index is 16.2. The number of aromatic nitrogens is 1. The molecule has 41 heavy (non-hydrogen) atoms. The van der Waals surface area contributed by atoms with E-state index < -0.39 is 23.6 Å². The summed E-state index contributed by atoms with van der Waals surface area (Å²) >= 11 is 0. The molecule has 3 heterocycles. The van der Waals surface area contributed by atoms with Gasteiger partial charge in [0.25, 0.3) is 5.91 Å². The summed E-state index contributed by atoms with van der Waals surface area (Å²) in [6.07, 6.45) is 6.39. The lowest BCUT2D eigenvalue weighted by Crippen LogP contribution is -2.47. The van der Waals surface area contributed by atoms with E-state index in [2.05, 4.69) is 17.4 Å². The summed E-state index contributed by atoms with van der Waals surface area (Å²) in [4.78, 5) is 44.6. The number of rotatable bonds is 8. The van der Waals surface area contributed by atoms with Crippen molar-refractivity contribution >= 4 is 29.2 Å². The number of carbonyl (C=O) groups excluding carboxylic acids is 3. The van der Waals surface area contributed by atoms with E-state index in [0.717, 1.165) is 37.0 Å². The van der Waals surface area contributed by atoms with Crippen LogP contribution >= 0.6 is 0 Å². The van der Waals surface area contributed by atoms with Crippen LogP contribution in [0.15, 0.2) is 27.9 Å². The van der Waals surface area contributed by atoms with Crippen LogP contribution in [0.5, 0.6) is 0 Å². The van der Waals surface area contributed by atoms with E-state index in [9.17, 15) is 14.4 Å². The number of nitrogens with one attached hydrogen (secondary N) is 1. The number of hydrogen-bond donors (Lipinski definition) is 1. The Hall–Kier alpha value is -3.56. The molecule has 1 aromatic heterocycles. The van der Waals surface area contributed by atoms with Crippen molar-refractivity contribution in [2.45, 2.75) is 78.2 Å². The van der Waals surface area contributed by atoms with Gasteiger partial charge in [0.15, 0.2) is 5.82 Å². The second-order valence-corrected chi connectivity index (χ2v) is 11.6. The predicted molar refractivity (Wildman–Crippen MR) is 151 cm³/mol. The van der Waals surface area contributed by atoms with E-state index in [0.29, 0.717) is 35.6 Å². The number of nitrogens with zero attached hydrogens (tertiary/aromatic N) is 3. The zero-order valence-corrected chi connectivity index (χ0v) is 24.2. The van der Waals surface area contributed by atoms with Gasteiger partial charge in [0, 0.05) is 38.1 Å². The Morgan fingerprint density at radius 3 is 2.61 bits per heavy atom. The van der Waals surface area contributed by atoms with Crippen LogP contribution < -0.4 is 5.32 Å². The monoisotopic (exact) mass is 566 g/mol. The molecule has 2 fully saturated rings. The highest BCUT2D eigenvalue weighted by Crippen LogP contribution is 2.42. The molecule has 0 spiro atoms. The second kappa shape index (κ2) is 12.1. The first-order chi connectivity index (χ1) is 19.7. The van der Waals surface area contributed by atoms with E-state index in [1.54, 1.807) is 17.9 Å². The van der Waals surface area contributed by atoms with Gasteiger partial charge in [-0.05, 0) is 49.1 Å². The summed E-state index contributed by atoms with van der Waals surface area (Å²) in [6.45, 7) is 7.98. The third-order valence-corrected chi connectivity index (χ3v) is 9.01. The molecular formula is C31H39FN4O5. The van der Waals surface area contributed by atoms with Crippen LogP contribution in [0.4, 0.5) is 10.1 Å². The molecule has 9 nitrogen and oxygen atoms in total. The summed E-state index contributed by atoms with van der Waals surface area (Å²) in [5.74, 6) is -1.70. The number of halogens is 1. The molecule has 1 saturated heterocycles. The van der Waals surface area contributed by atoms with Gasteiger partial charge < -0.3 is 19.5 Å². The van der Waals surface area contributed by atoms with Gasteiger partial charge in [-0.3, -0.25) is 19.4 Å². The molecule has 0 radical (unpaired) electrons. The van der Waals surface area contributed by atoms with Gasteiger partial charge in [0.1, 0.15) is 17.5 Å². The Morgan fingerprint density at radius 2 is 1.93 bits per heavy atom. The summed E-state index contributed by atoms with van der Waals surface area (Å²) in [5, 5.41) is 7.15. The molecule has 1 aliphatic carbocycles. The van der Waals surface area contributed by atoms with Crippen molar-refractivity contribution in [2.75, 3.05) is 19.7 Å². The van der Waals surface area contributed by atoms with Gasteiger partial charge >= 0.3 is 5.97 Å². The van der Waals surface area contributed by atoms with Crippen LogP contribution in [0.25, 0.3) is 0 Å². The molecule has 0 bridgehead atoms. The smallest absolute Gasteiger partial charge is 0.311 e. The van der Waals surface area contributed by atoms with Crippen LogP contribution in [-0.4, -0.2) is 59.3 Å². The zero-order chi connectivity index (χ0) is 29.3. The minimum atomic E-state index is -0.649. The lowest BCUT2D eigenvalue weighted by atomic mass is 9.77. The van der Waals surface area contributed by atoms with E-state index in [1.165, 1.54) is 13.2 Å². The van der Waals surface area contributed by atoms with Crippen LogP contribution in [0.2, 0.25) is 0 Å². The van der Waals surface area contributed by atoms with Crippen molar-refractivity contribution in [2.24, 2.45) is 22.7 Å². The minimum absolute atomic E-state index is 0.164. The summed E-state index contributed by atoms with van der Waals surface area (Å²) < 4.78 is 26.6. The summed E-state index contributed by atoms with van der Waals surface area (Å²) in [6, 6.07) is 3.23. The third-order valence-electron chi connectivity index (χ3n) is 9.01. The van der Waals surface area contributed by atoms with Gasteiger partial charge in [-0.2, -0.15) is 0 Å². The first-order valence-corrected chi connectivity index (χ1v) is 14.8. The molecule has 2 aliphatic heterocycles. The lowest BCUT2D eigenvalue weighted by molar-refractivity contribution is -0.148. The standard InChI is InChI=1S/C31H39FN4O5/c1-5-25-24(16-41-35-25)30(38)34-28(19-9-7-17(3)8-10-19)26-13-20-11-12-21(27(32)29(20)33-26)22-14-36(18(4)37)15-23(22)31(39)40-6-2/h11-12,16-17,19,22-23,28H,5-10,13-15H2,1-4H3,(H,34,38)/t17?,19?,22?,23?,28-/m0/s1. The van der Waals surface area contributed by atoms with Gasteiger partial charge in [0.05, 0.1) is 24.3 Å². The van der Waals surface area contributed by atoms with Gasteiger partial charge in [0.2, 0.25) is 5.91 Å². The Kier molecular flexibility index (Phi) is 8.56. The predicted octanol–water partition coefficient (Wildman–Crippen LogP) is 4.75. The highest BCUT2D eigenvalue weighted by Gasteiger charge is 2.43. The van der Waals surface area contributed by atoms with Crippen molar-refractivity contribution in [3.05, 3.63) is 46.6 Å². The first kappa shape index (κ1) is 29.0. The molecular weight excluding hydrogens is 527 g/mol. The number of fused-ring (bicyclic) bond motifs is 1. The molecule has 220 valence electrons. The SMILES string of the molecule is CCOC(=O)C1CN(C(C)=O)CC1c1ccc2c(c1F)N=C([C@@H](NC(=O)c1conc1CC)C1CCC(C)CC1)C2. The number of benzene rings is 1. The number of aliphatic imine (C=N–C) groups is 1. The number of hydrogen-bond acceptors (Lipinski definition) is 7. The van der Waals surface area contributed by atoms with Crippen molar-refractivity contribution < 1.29 is 28.0 Å². The molecule has 2 aromatic rings. The third kappa shape index (κ3) is 5.78. The fourth-order valence-corrected chi connectivity index (χ4v) is 6.60. The van der Waals surface area contributed by atoms with Gasteiger partial charge in [-0.25, -0.2) is 4.39 Å². The number of amides is 2. The average Bonchev–Trinajstić information content (AvgIpc) is 3.71. The average molecular weight is 567 g/mol. The normalized spacial score (nSPS) is 24.5. The molecule has 5 rings (SSSR count). The maximum absolute atomic E-state index is 16.2. The van der Waals surface area contributed by atoms with Crippen molar-refractivity contribution in [1.82, 2.24) is 15.4 Å². The fraction of sp³-hybridized carbons (Fsp3) is 0.581. The molecule has 2 unspecified atom stereocenters. The van der Waals surface area contributed by atoms with Crippen LogP contribution in [0.1, 0.15) is 86.5 Å². The lowest BCUT2D eigenvalue weighted by Gasteiger charge is -2.33. The molecule has 2 amide bonds. The van der Waals surface area contributed by atoms with E-state index in [-0.39, 0.29) is 49.2 Å². The first-order valence-electron chi connectivity index (χ1n) is 14.8. The molecule has 10 heteroatoms. The second-order valence-electron chi connectivity index (χ2n) is 11.6. The molecule has 3 atom stereocenters. The minimum Gasteiger partial charge on any atom is -0.466 e. The zero-order valence-electron chi connectivity index (χ0n) is 24.2. The molecule has 1 N–H and O–H groups in total. The van der Waals surface area contributed by atoms with Gasteiger partial charge in [-0.15, -0.1) is 0 Å². The highest BCUT2D eigenvalue weighted by atomic mass is 19.1. The topological polar surface area (TPSA) is 114 Å². The Labute approximate surface area is 239 Å². The molecule has 3 aliphatic rings. The highest BCUT2D eigenvalue weighted by molar-refractivity contribution is 6.03. The van der Waals surface area contributed by atoms with E-state index in [1.807, 2.05) is 13.0 Å². The van der Waals surface area contributed by atoms with Crippen molar-refractivity contribution in [3.8, 4) is 0 Å². The quantitative estimate of drug-likeness (QED) is 0.461. The number of likely N-dealkylation sites (tertiary alicyclic amines) is 1. The number of esters is 1. The Bertz CT molecular complexity index is 1350. The van der Waals surface area contributed by atoms with Gasteiger partial charge in [-0.1, -0.05) is 44.0 Å². The Morgan fingerprint density at radius 1 is 1.17 bits per heavy atom. The number of ether oxygens (including phenoxy) is 1. The van der Waals surface area contributed by atoms with E-state index >= 15 is 4.39 Å². The molecule has 1 aromatic carbocycles. The van der Waals surface area contributed by atoms with Crippen molar-refractivity contribution in [3.63, 3.8) is 0 Å². The number of aryl methyl sites for hydroxylation is 1. The fourth-order valence-electron chi connectivity index (χ4n) is 6.60. The largest absolute Gasteiger partial charge is 0.466 e.